The van der Waals surface area contributed by atoms with Gasteiger partial charge in [-0.1, -0.05) is 11.8 Å². The van der Waals surface area contributed by atoms with Crippen LogP contribution in [0, 0.1) is 11.3 Å². The van der Waals surface area contributed by atoms with Crippen molar-refractivity contribution in [3.8, 4) is 6.07 Å². The summed E-state index contributed by atoms with van der Waals surface area (Å²) in [6.45, 7) is 0. The first-order chi connectivity index (χ1) is 8.01. The third-order valence-corrected chi connectivity index (χ3v) is 3.10. The molecule has 4 nitrogen and oxygen atoms in total. The van der Waals surface area contributed by atoms with Gasteiger partial charge in [-0.25, -0.2) is 0 Å². The second-order valence-corrected chi connectivity index (χ2v) is 4.79. The Hall–Kier alpha value is -1.67. The predicted molar refractivity (Wildman–Crippen MR) is 72.4 cm³/mol. The zero-order valence-corrected chi connectivity index (χ0v) is 11.2. The van der Waals surface area contributed by atoms with Gasteiger partial charge in [0.25, 0.3) is 0 Å². The fourth-order valence-electron chi connectivity index (χ4n) is 1.44. The fourth-order valence-corrected chi connectivity index (χ4v) is 2.13. The molecule has 1 aromatic carbocycles. The van der Waals surface area contributed by atoms with Gasteiger partial charge in [0.05, 0.1) is 16.1 Å². The Balaban J connectivity index is 3.46. The molecule has 0 saturated carbocycles. The van der Waals surface area contributed by atoms with E-state index in [4.69, 9.17) is 5.26 Å². The first kappa shape index (κ1) is 13.4. The van der Waals surface area contributed by atoms with Crippen molar-refractivity contribution in [2.24, 2.45) is 0 Å². The SMILES string of the molecule is CN(C)c1cc(C#N)c(SC=O)c(N(C)C)c1. The van der Waals surface area contributed by atoms with E-state index in [1.165, 1.54) is 0 Å². The minimum atomic E-state index is 0.525. The summed E-state index contributed by atoms with van der Waals surface area (Å²) in [6, 6.07) is 5.89. The van der Waals surface area contributed by atoms with Crippen molar-refractivity contribution < 1.29 is 4.79 Å². The molecule has 0 unspecified atom stereocenters. The van der Waals surface area contributed by atoms with Gasteiger partial charge >= 0.3 is 0 Å². The molecule has 0 saturated heterocycles. The fraction of sp³-hybridized carbons (Fsp3) is 0.333. The maximum absolute atomic E-state index is 10.7. The standard InChI is InChI=1S/C12H15N3OS/c1-14(2)10-5-9(7-13)12(17-8-16)11(6-10)15(3)4/h5-6,8H,1-4H3. The quantitative estimate of drug-likeness (QED) is 0.603. The molecule has 0 amide bonds. The van der Waals surface area contributed by atoms with Gasteiger partial charge in [-0.2, -0.15) is 5.26 Å². The lowest BCUT2D eigenvalue weighted by Gasteiger charge is -2.21. The van der Waals surface area contributed by atoms with Crippen molar-refractivity contribution >= 4 is 28.8 Å². The molecule has 0 aromatic heterocycles. The van der Waals surface area contributed by atoms with Crippen LogP contribution in [0.15, 0.2) is 17.0 Å². The molecule has 1 rings (SSSR count). The number of rotatable bonds is 4. The molecule has 5 heteroatoms. The molecule has 0 radical (unpaired) electrons. The number of hydrogen-bond donors (Lipinski definition) is 0. The second kappa shape index (κ2) is 5.60. The van der Waals surface area contributed by atoms with Crippen LogP contribution in [0.3, 0.4) is 0 Å². The maximum Gasteiger partial charge on any atom is 0.181 e. The number of carbonyl (C=O) groups excluding carboxylic acids is 1. The van der Waals surface area contributed by atoms with Gasteiger partial charge in [-0.05, 0) is 12.1 Å². The van der Waals surface area contributed by atoms with Crippen LogP contribution in [0.25, 0.3) is 0 Å². The highest BCUT2D eigenvalue weighted by Gasteiger charge is 2.13. The summed E-state index contributed by atoms with van der Waals surface area (Å²) >= 11 is 1.04. The highest BCUT2D eigenvalue weighted by Crippen LogP contribution is 2.34. The average Bonchev–Trinajstić information content (AvgIpc) is 2.28. The molecule has 0 N–H and O–H groups in total. The molecular weight excluding hydrogens is 234 g/mol. The van der Waals surface area contributed by atoms with Gasteiger partial charge in [0, 0.05) is 33.9 Å². The van der Waals surface area contributed by atoms with E-state index in [9.17, 15) is 4.79 Å². The lowest BCUT2D eigenvalue weighted by molar-refractivity contribution is 0.570. The third kappa shape index (κ3) is 2.92. The van der Waals surface area contributed by atoms with Crippen molar-refractivity contribution in [1.29, 1.82) is 5.26 Å². The number of anilines is 2. The Morgan fingerprint density at radius 2 is 1.88 bits per heavy atom. The Kier molecular flexibility index (Phi) is 4.41. The van der Waals surface area contributed by atoms with Gasteiger partial charge in [0.1, 0.15) is 6.07 Å². The molecule has 0 fully saturated rings. The number of benzene rings is 1. The molecule has 1 aromatic rings. The van der Waals surface area contributed by atoms with Crippen molar-refractivity contribution in [1.82, 2.24) is 0 Å². The first-order valence-electron chi connectivity index (χ1n) is 5.04. The van der Waals surface area contributed by atoms with Gasteiger partial charge in [0.2, 0.25) is 0 Å². The Labute approximate surface area is 106 Å². The minimum Gasteiger partial charge on any atom is -0.378 e. The van der Waals surface area contributed by atoms with Crippen LogP contribution in [0.2, 0.25) is 0 Å². The van der Waals surface area contributed by atoms with Crippen molar-refractivity contribution in [2.45, 2.75) is 4.90 Å². The van der Waals surface area contributed by atoms with Crippen molar-refractivity contribution in [3.63, 3.8) is 0 Å². The molecule has 90 valence electrons. The predicted octanol–water partition coefficient (Wildman–Crippen LogP) is 1.97. The van der Waals surface area contributed by atoms with Crippen LogP contribution in [0.1, 0.15) is 5.56 Å². The summed E-state index contributed by atoms with van der Waals surface area (Å²) in [4.78, 5) is 15.2. The van der Waals surface area contributed by atoms with Crippen LogP contribution < -0.4 is 9.80 Å². The van der Waals surface area contributed by atoms with Gasteiger partial charge in [0.15, 0.2) is 5.62 Å². The number of nitrogens with zero attached hydrogens (tertiary/aromatic N) is 3. The van der Waals surface area contributed by atoms with Gasteiger partial charge in [-0.3, -0.25) is 4.79 Å². The lowest BCUT2D eigenvalue weighted by Crippen LogP contribution is -2.14. The normalized spacial score (nSPS) is 9.59. The second-order valence-electron chi connectivity index (χ2n) is 3.96. The van der Waals surface area contributed by atoms with Crippen LogP contribution in [-0.2, 0) is 4.79 Å². The van der Waals surface area contributed by atoms with E-state index in [0.29, 0.717) is 10.5 Å². The highest BCUT2D eigenvalue weighted by molar-refractivity contribution is 8.12. The molecule has 0 heterocycles. The first-order valence-corrected chi connectivity index (χ1v) is 5.92. The van der Waals surface area contributed by atoms with Crippen LogP contribution in [0.4, 0.5) is 11.4 Å². The van der Waals surface area contributed by atoms with E-state index in [1.807, 2.05) is 44.1 Å². The summed E-state index contributed by atoms with van der Waals surface area (Å²) < 4.78 is 0. The Morgan fingerprint density at radius 1 is 1.24 bits per heavy atom. The summed E-state index contributed by atoms with van der Waals surface area (Å²) in [5.41, 5.74) is 3.10. The summed E-state index contributed by atoms with van der Waals surface area (Å²) in [7, 11) is 7.63. The van der Waals surface area contributed by atoms with Gasteiger partial charge < -0.3 is 9.80 Å². The van der Waals surface area contributed by atoms with Crippen molar-refractivity contribution in [2.75, 3.05) is 38.0 Å². The summed E-state index contributed by atoms with van der Waals surface area (Å²) in [5, 5.41) is 9.14. The molecule has 0 aliphatic carbocycles. The monoisotopic (exact) mass is 249 g/mol. The number of nitriles is 1. The zero-order chi connectivity index (χ0) is 13.0. The van der Waals surface area contributed by atoms with E-state index < -0.39 is 0 Å². The third-order valence-electron chi connectivity index (χ3n) is 2.34. The van der Waals surface area contributed by atoms with E-state index in [2.05, 4.69) is 6.07 Å². The van der Waals surface area contributed by atoms with E-state index in [1.54, 1.807) is 6.07 Å². The largest absolute Gasteiger partial charge is 0.378 e. The van der Waals surface area contributed by atoms with Gasteiger partial charge in [-0.15, -0.1) is 0 Å². The molecule has 0 spiro atoms. The van der Waals surface area contributed by atoms with Crippen LogP contribution in [0.5, 0.6) is 0 Å². The Bertz CT molecular complexity index is 464. The average molecular weight is 249 g/mol. The minimum absolute atomic E-state index is 0.525. The number of thioether (sulfide) groups is 1. The van der Waals surface area contributed by atoms with Crippen molar-refractivity contribution in [3.05, 3.63) is 17.7 Å². The number of hydrogen-bond acceptors (Lipinski definition) is 5. The Morgan fingerprint density at radius 3 is 2.29 bits per heavy atom. The lowest BCUT2D eigenvalue weighted by atomic mass is 10.1. The molecule has 0 aliphatic heterocycles. The van der Waals surface area contributed by atoms with E-state index in [0.717, 1.165) is 28.8 Å². The topological polar surface area (TPSA) is 47.3 Å². The molecule has 0 aliphatic rings. The van der Waals surface area contributed by atoms with E-state index >= 15 is 0 Å². The molecule has 0 atom stereocenters. The van der Waals surface area contributed by atoms with Crippen LogP contribution >= 0.6 is 11.8 Å². The summed E-state index contributed by atoms with van der Waals surface area (Å²) in [6.07, 6.45) is 0. The highest BCUT2D eigenvalue weighted by atomic mass is 32.2. The van der Waals surface area contributed by atoms with E-state index in [-0.39, 0.29) is 0 Å². The maximum atomic E-state index is 10.7. The van der Waals surface area contributed by atoms with Crippen LogP contribution in [-0.4, -0.2) is 33.8 Å². The summed E-state index contributed by atoms with van der Waals surface area (Å²) in [5.74, 6) is 0. The smallest absolute Gasteiger partial charge is 0.181 e. The zero-order valence-electron chi connectivity index (χ0n) is 10.4. The molecule has 0 bridgehead atoms. The molecular formula is C12H15N3OS. The number of carbonyl (C=O) groups is 1. The molecule has 17 heavy (non-hydrogen) atoms.